The van der Waals surface area contributed by atoms with Crippen molar-refractivity contribution in [3.8, 4) is 0 Å². The Morgan fingerprint density at radius 1 is 1.17 bits per heavy atom. The van der Waals surface area contributed by atoms with Crippen molar-refractivity contribution < 1.29 is 9.90 Å². The highest BCUT2D eigenvalue weighted by atomic mass is 35.8. The lowest BCUT2D eigenvalue weighted by Gasteiger charge is -2.05. The minimum atomic E-state index is -2.47. The molecule has 6 heteroatoms. The van der Waals surface area contributed by atoms with Crippen LogP contribution in [0.3, 0.4) is 0 Å². The molecule has 0 heterocycles. The number of carbonyl (C=O) groups is 1. The van der Waals surface area contributed by atoms with E-state index < -0.39 is 12.0 Å². The lowest BCUT2D eigenvalue weighted by atomic mass is 10.2. The van der Waals surface area contributed by atoms with Crippen molar-refractivity contribution in [3.05, 3.63) is 0 Å². The second-order valence-corrected chi connectivity index (χ2v) is 11.8. The monoisotopic (exact) mass is 248 g/mol. The molecular formula is C6H11Cl3O2Si. The fraction of sp³-hybridized carbons (Fsp3) is 0.833. The summed E-state index contributed by atoms with van der Waals surface area (Å²) in [5.74, 6) is -0.763. The molecule has 0 rings (SSSR count). The van der Waals surface area contributed by atoms with Gasteiger partial charge in [-0.25, -0.2) is 0 Å². The summed E-state index contributed by atoms with van der Waals surface area (Å²) in [6, 6.07) is -1.84. The molecule has 1 N–H and O–H groups in total. The van der Waals surface area contributed by atoms with Gasteiger partial charge in [-0.3, -0.25) is 4.79 Å². The summed E-state index contributed by atoms with van der Waals surface area (Å²) in [6.07, 6.45) is 2.52. The molecule has 0 unspecified atom stereocenters. The van der Waals surface area contributed by atoms with Crippen LogP contribution in [0.25, 0.3) is 0 Å². The van der Waals surface area contributed by atoms with E-state index in [9.17, 15) is 4.79 Å². The summed E-state index contributed by atoms with van der Waals surface area (Å²) in [6.45, 7) is 0. The molecule has 0 aliphatic heterocycles. The van der Waals surface area contributed by atoms with Crippen molar-refractivity contribution in [2.24, 2.45) is 0 Å². The molecule has 12 heavy (non-hydrogen) atoms. The molecule has 0 amide bonds. The van der Waals surface area contributed by atoms with Crippen LogP contribution in [0.15, 0.2) is 0 Å². The normalized spacial score (nSPS) is 11.6. The summed E-state index contributed by atoms with van der Waals surface area (Å²) < 4.78 is 0. The van der Waals surface area contributed by atoms with Gasteiger partial charge in [0.25, 0.3) is 0 Å². The zero-order valence-electron chi connectivity index (χ0n) is 6.52. The Morgan fingerprint density at radius 2 is 1.75 bits per heavy atom. The first-order valence-electron chi connectivity index (χ1n) is 3.70. The average Bonchev–Trinajstić information content (AvgIpc) is 1.83. The highest BCUT2D eigenvalue weighted by Crippen LogP contribution is 2.27. The van der Waals surface area contributed by atoms with Crippen molar-refractivity contribution >= 4 is 45.2 Å². The lowest BCUT2D eigenvalue weighted by Crippen LogP contribution is -2.07. The number of hydrogen-bond donors (Lipinski definition) is 1. The summed E-state index contributed by atoms with van der Waals surface area (Å²) >= 11 is 16.9. The molecule has 0 aromatic heterocycles. The number of hydrogen-bond acceptors (Lipinski definition) is 1. The number of halogens is 3. The molecule has 0 aliphatic carbocycles. The standard InChI is InChI=1S/C6H11Cl3O2Si/c7-12(8,9)5-3-1-2-4-6(10)11/h1-5H2,(H,10,11). The van der Waals surface area contributed by atoms with E-state index in [1.54, 1.807) is 0 Å². The Labute approximate surface area is 86.9 Å². The third kappa shape index (κ3) is 10.6. The molecule has 0 atom stereocenters. The average molecular weight is 250 g/mol. The third-order valence-corrected chi connectivity index (χ3v) is 3.97. The third-order valence-electron chi connectivity index (χ3n) is 1.35. The fourth-order valence-corrected chi connectivity index (χ4v) is 2.63. The van der Waals surface area contributed by atoms with Crippen LogP contribution in [0.1, 0.15) is 25.7 Å². The Hall–Kier alpha value is 0.557. The van der Waals surface area contributed by atoms with Gasteiger partial charge >= 0.3 is 12.0 Å². The molecule has 2 nitrogen and oxygen atoms in total. The largest absolute Gasteiger partial charge is 0.481 e. The Balaban J connectivity index is 3.17. The summed E-state index contributed by atoms with van der Waals surface area (Å²) in [4.78, 5) is 10.1. The molecular weight excluding hydrogens is 239 g/mol. The molecule has 0 aliphatic rings. The number of rotatable bonds is 6. The van der Waals surface area contributed by atoms with Crippen LogP contribution in [0.2, 0.25) is 6.04 Å². The summed E-state index contributed by atoms with van der Waals surface area (Å²) in [5.41, 5.74) is 0. The molecule has 72 valence electrons. The van der Waals surface area contributed by atoms with Crippen LogP contribution >= 0.6 is 33.2 Å². The Morgan fingerprint density at radius 3 is 2.17 bits per heavy atom. The molecule has 0 radical (unpaired) electrons. The van der Waals surface area contributed by atoms with E-state index in [4.69, 9.17) is 38.3 Å². The molecule has 0 aromatic rings. The van der Waals surface area contributed by atoms with Gasteiger partial charge < -0.3 is 5.11 Å². The van der Waals surface area contributed by atoms with Gasteiger partial charge in [-0.05, 0) is 12.5 Å². The van der Waals surface area contributed by atoms with Gasteiger partial charge in [0, 0.05) is 6.42 Å². The SMILES string of the molecule is O=C(O)CCCCC[Si](Cl)(Cl)Cl. The van der Waals surface area contributed by atoms with Crippen LogP contribution in [0.5, 0.6) is 0 Å². The number of aliphatic carboxylic acids is 1. The summed E-state index contributed by atoms with van der Waals surface area (Å²) in [5, 5.41) is 8.30. The zero-order valence-corrected chi connectivity index (χ0v) is 9.79. The first kappa shape index (κ1) is 12.6. The second kappa shape index (κ2) is 6.08. The van der Waals surface area contributed by atoms with E-state index in [1.165, 1.54) is 0 Å². The zero-order chi connectivity index (χ0) is 9.61. The highest BCUT2D eigenvalue weighted by Gasteiger charge is 2.23. The maximum atomic E-state index is 10.1. The van der Waals surface area contributed by atoms with Gasteiger partial charge in [0.2, 0.25) is 0 Å². The van der Waals surface area contributed by atoms with Gasteiger partial charge in [0.1, 0.15) is 0 Å². The Kier molecular flexibility index (Phi) is 6.36. The molecule has 0 spiro atoms. The first-order chi connectivity index (χ1) is 5.42. The maximum Gasteiger partial charge on any atom is 0.341 e. The number of unbranched alkanes of at least 4 members (excludes halogenated alkanes) is 2. The maximum absolute atomic E-state index is 10.1. The smallest absolute Gasteiger partial charge is 0.341 e. The Bertz CT molecular complexity index is 146. The fourth-order valence-electron chi connectivity index (χ4n) is 0.778. The van der Waals surface area contributed by atoms with Gasteiger partial charge in [-0.2, -0.15) is 0 Å². The number of carboxylic acids is 1. The van der Waals surface area contributed by atoms with Crippen LogP contribution in [-0.2, 0) is 4.79 Å². The van der Waals surface area contributed by atoms with E-state index >= 15 is 0 Å². The lowest BCUT2D eigenvalue weighted by molar-refractivity contribution is -0.137. The minimum absolute atomic E-state index is 0.210. The molecule has 0 bridgehead atoms. The predicted octanol–water partition coefficient (Wildman–Crippen LogP) is 3.29. The van der Waals surface area contributed by atoms with Crippen molar-refractivity contribution in [1.82, 2.24) is 0 Å². The predicted molar refractivity (Wildman–Crippen MR) is 54.2 cm³/mol. The molecule has 0 aromatic carbocycles. The topological polar surface area (TPSA) is 37.3 Å². The van der Waals surface area contributed by atoms with Gasteiger partial charge in [-0.15, -0.1) is 33.2 Å². The van der Waals surface area contributed by atoms with Crippen LogP contribution in [0, 0.1) is 0 Å². The van der Waals surface area contributed by atoms with Crippen LogP contribution < -0.4 is 0 Å². The van der Waals surface area contributed by atoms with Crippen molar-refractivity contribution in [1.29, 1.82) is 0 Å². The second-order valence-electron chi connectivity index (χ2n) is 2.57. The van der Waals surface area contributed by atoms with Crippen LogP contribution in [-0.4, -0.2) is 17.1 Å². The quantitative estimate of drug-likeness (QED) is 0.446. The highest BCUT2D eigenvalue weighted by molar-refractivity contribution is 7.64. The first-order valence-corrected chi connectivity index (χ1v) is 8.94. The minimum Gasteiger partial charge on any atom is -0.481 e. The molecule has 0 saturated carbocycles. The van der Waals surface area contributed by atoms with Crippen molar-refractivity contribution in [2.75, 3.05) is 0 Å². The van der Waals surface area contributed by atoms with E-state index in [2.05, 4.69) is 0 Å². The van der Waals surface area contributed by atoms with Gasteiger partial charge in [0.15, 0.2) is 0 Å². The summed E-state index contributed by atoms with van der Waals surface area (Å²) in [7, 11) is 0. The van der Waals surface area contributed by atoms with E-state index in [0.717, 1.165) is 12.8 Å². The van der Waals surface area contributed by atoms with Gasteiger partial charge in [-0.1, -0.05) is 12.8 Å². The van der Waals surface area contributed by atoms with E-state index in [1.807, 2.05) is 0 Å². The van der Waals surface area contributed by atoms with E-state index in [-0.39, 0.29) is 6.42 Å². The van der Waals surface area contributed by atoms with Crippen molar-refractivity contribution in [2.45, 2.75) is 31.7 Å². The molecule has 0 saturated heterocycles. The molecule has 0 fully saturated rings. The van der Waals surface area contributed by atoms with Crippen LogP contribution in [0.4, 0.5) is 0 Å². The van der Waals surface area contributed by atoms with Gasteiger partial charge in [0.05, 0.1) is 0 Å². The van der Waals surface area contributed by atoms with Crippen molar-refractivity contribution in [3.63, 3.8) is 0 Å². The number of carboxylic acid groups (broad SMARTS) is 1. The van der Waals surface area contributed by atoms with E-state index in [0.29, 0.717) is 12.5 Å².